The molecular weight excluding hydrogens is 206 g/mol. The van der Waals surface area contributed by atoms with Gasteiger partial charge in [-0.2, -0.15) is 5.26 Å². The highest BCUT2D eigenvalue weighted by molar-refractivity contribution is 5.78. The summed E-state index contributed by atoms with van der Waals surface area (Å²) in [5.41, 5.74) is 0.632. The van der Waals surface area contributed by atoms with Crippen molar-refractivity contribution in [2.24, 2.45) is 0 Å². The van der Waals surface area contributed by atoms with E-state index < -0.39 is 0 Å². The maximum Gasteiger partial charge on any atom is 0.173 e. The summed E-state index contributed by atoms with van der Waals surface area (Å²) in [6, 6.07) is 4.71. The van der Waals surface area contributed by atoms with Crippen molar-refractivity contribution in [1.82, 2.24) is 0 Å². The lowest BCUT2D eigenvalue weighted by Gasteiger charge is -2.05. The van der Waals surface area contributed by atoms with E-state index in [4.69, 9.17) is 10.00 Å². The molecule has 0 saturated heterocycles. The van der Waals surface area contributed by atoms with Crippen molar-refractivity contribution in [3.05, 3.63) is 23.3 Å². The van der Waals surface area contributed by atoms with Crippen LogP contribution in [0.1, 0.15) is 22.3 Å². The number of rotatable bonds is 2. The lowest BCUT2D eigenvalue weighted by Crippen LogP contribution is -1.90. The Kier molecular flexibility index (Phi) is 3.94. The number of methoxy groups -OCH3 is 1. The minimum Gasteiger partial charge on any atom is -0.503 e. The van der Waals surface area contributed by atoms with Crippen LogP contribution in [0.15, 0.2) is 12.1 Å². The Morgan fingerprint density at radius 2 is 2.31 bits per heavy atom. The van der Waals surface area contributed by atoms with E-state index in [2.05, 4.69) is 11.8 Å². The molecule has 1 aromatic carbocycles. The van der Waals surface area contributed by atoms with Crippen molar-refractivity contribution >= 4 is 6.29 Å². The summed E-state index contributed by atoms with van der Waals surface area (Å²) < 4.78 is 4.89. The summed E-state index contributed by atoms with van der Waals surface area (Å²) in [5.74, 6) is 5.21. The van der Waals surface area contributed by atoms with Gasteiger partial charge >= 0.3 is 0 Å². The molecule has 1 rings (SSSR count). The van der Waals surface area contributed by atoms with Gasteiger partial charge in [0.05, 0.1) is 25.2 Å². The molecule has 0 bridgehead atoms. The largest absolute Gasteiger partial charge is 0.503 e. The number of aldehydes is 1. The Bertz CT molecular complexity index is 503. The Hall–Kier alpha value is -2.46. The molecule has 0 aromatic heterocycles. The van der Waals surface area contributed by atoms with E-state index in [0.29, 0.717) is 11.8 Å². The number of aromatic hydroxyl groups is 1. The van der Waals surface area contributed by atoms with Crippen LogP contribution in [-0.2, 0) is 0 Å². The van der Waals surface area contributed by atoms with Gasteiger partial charge in [0.25, 0.3) is 0 Å². The second kappa shape index (κ2) is 5.43. The smallest absolute Gasteiger partial charge is 0.173 e. The van der Waals surface area contributed by atoms with E-state index in [-0.39, 0.29) is 23.5 Å². The number of phenols is 1. The SMILES string of the molecule is COc1cc(C=O)cc(C#CCC#N)c1O. The van der Waals surface area contributed by atoms with Crippen LogP contribution >= 0.6 is 0 Å². The van der Waals surface area contributed by atoms with Gasteiger partial charge in [-0.3, -0.25) is 4.79 Å². The highest BCUT2D eigenvalue weighted by Crippen LogP contribution is 2.30. The molecule has 0 unspecified atom stereocenters. The van der Waals surface area contributed by atoms with Crippen LogP contribution < -0.4 is 4.74 Å². The predicted octanol–water partition coefficient (Wildman–Crippen LogP) is 1.48. The van der Waals surface area contributed by atoms with E-state index in [0.717, 1.165) is 0 Å². The summed E-state index contributed by atoms with van der Waals surface area (Å²) in [5, 5.41) is 18.0. The molecule has 0 aliphatic rings. The van der Waals surface area contributed by atoms with Gasteiger partial charge in [-0.05, 0) is 12.1 Å². The zero-order chi connectivity index (χ0) is 12.0. The maximum atomic E-state index is 10.6. The molecule has 0 spiro atoms. The Morgan fingerprint density at radius 3 is 2.88 bits per heavy atom. The first-order valence-electron chi connectivity index (χ1n) is 4.45. The number of carbonyl (C=O) groups excluding carboxylic acids is 1. The van der Waals surface area contributed by atoms with Gasteiger partial charge in [-0.15, -0.1) is 0 Å². The summed E-state index contributed by atoms with van der Waals surface area (Å²) in [7, 11) is 1.39. The number of hydrogen-bond donors (Lipinski definition) is 1. The number of nitriles is 1. The molecule has 0 aliphatic carbocycles. The van der Waals surface area contributed by atoms with Crippen molar-refractivity contribution in [2.75, 3.05) is 7.11 Å². The first-order valence-corrected chi connectivity index (χ1v) is 4.45. The van der Waals surface area contributed by atoms with Crippen LogP contribution in [0.4, 0.5) is 0 Å². The molecule has 0 radical (unpaired) electrons. The van der Waals surface area contributed by atoms with E-state index in [1.54, 1.807) is 0 Å². The molecular formula is C12H9NO3. The Labute approximate surface area is 93.1 Å². The minimum atomic E-state index is -0.126. The molecule has 16 heavy (non-hydrogen) atoms. The third-order valence-corrected chi connectivity index (χ3v) is 1.84. The van der Waals surface area contributed by atoms with Crippen molar-refractivity contribution in [1.29, 1.82) is 5.26 Å². The van der Waals surface area contributed by atoms with Crippen molar-refractivity contribution in [3.63, 3.8) is 0 Å². The summed E-state index contributed by atoms with van der Waals surface area (Å²) in [6.45, 7) is 0. The lowest BCUT2D eigenvalue weighted by molar-refractivity contribution is 0.112. The molecule has 1 aromatic rings. The van der Waals surface area contributed by atoms with Gasteiger partial charge in [-0.1, -0.05) is 11.8 Å². The normalized spacial score (nSPS) is 8.50. The van der Waals surface area contributed by atoms with Crippen LogP contribution in [0.25, 0.3) is 0 Å². The van der Waals surface area contributed by atoms with Crippen LogP contribution in [-0.4, -0.2) is 18.5 Å². The van der Waals surface area contributed by atoms with Crippen molar-refractivity contribution in [3.8, 4) is 29.4 Å². The fourth-order valence-corrected chi connectivity index (χ4v) is 1.13. The predicted molar refractivity (Wildman–Crippen MR) is 57.2 cm³/mol. The van der Waals surface area contributed by atoms with Gasteiger partial charge in [0.15, 0.2) is 11.5 Å². The molecule has 0 atom stereocenters. The number of hydrogen-bond acceptors (Lipinski definition) is 4. The third-order valence-electron chi connectivity index (χ3n) is 1.84. The molecule has 0 amide bonds. The third kappa shape index (κ3) is 2.52. The first-order chi connectivity index (χ1) is 7.72. The van der Waals surface area contributed by atoms with Crippen LogP contribution in [0, 0.1) is 23.2 Å². The zero-order valence-electron chi connectivity index (χ0n) is 8.65. The topological polar surface area (TPSA) is 70.3 Å². The molecule has 0 fully saturated rings. The molecule has 0 saturated carbocycles. The van der Waals surface area contributed by atoms with E-state index in [1.807, 2.05) is 6.07 Å². The second-order valence-corrected chi connectivity index (χ2v) is 2.87. The van der Waals surface area contributed by atoms with Crippen molar-refractivity contribution < 1.29 is 14.6 Å². The Balaban J connectivity index is 3.23. The fraction of sp³-hybridized carbons (Fsp3) is 0.167. The fourth-order valence-electron chi connectivity index (χ4n) is 1.13. The number of ether oxygens (including phenoxy) is 1. The molecule has 4 heteroatoms. The minimum absolute atomic E-state index is 0.0626. The van der Waals surface area contributed by atoms with E-state index in [9.17, 15) is 9.90 Å². The summed E-state index contributed by atoms with van der Waals surface area (Å²) in [6.07, 6.45) is 0.699. The average Bonchev–Trinajstić information content (AvgIpc) is 2.31. The molecule has 80 valence electrons. The Morgan fingerprint density at radius 1 is 1.56 bits per heavy atom. The van der Waals surface area contributed by atoms with Crippen LogP contribution in [0.2, 0.25) is 0 Å². The monoisotopic (exact) mass is 215 g/mol. The number of nitrogens with zero attached hydrogens (tertiary/aromatic N) is 1. The van der Waals surface area contributed by atoms with Gasteiger partial charge < -0.3 is 9.84 Å². The summed E-state index contributed by atoms with van der Waals surface area (Å²) >= 11 is 0. The highest BCUT2D eigenvalue weighted by atomic mass is 16.5. The van der Waals surface area contributed by atoms with Crippen molar-refractivity contribution in [2.45, 2.75) is 6.42 Å². The summed E-state index contributed by atoms with van der Waals surface area (Å²) in [4.78, 5) is 10.6. The quantitative estimate of drug-likeness (QED) is 0.599. The lowest BCUT2D eigenvalue weighted by atomic mass is 10.1. The molecule has 0 aliphatic heterocycles. The number of carbonyl (C=O) groups is 1. The van der Waals surface area contributed by atoms with Crippen LogP contribution in [0.5, 0.6) is 11.5 Å². The molecule has 1 N–H and O–H groups in total. The van der Waals surface area contributed by atoms with Gasteiger partial charge in [0, 0.05) is 5.56 Å². The second-order valence-electron chi connectivity index (χ2n) is 2.87. The van der Waals surface area contributed by atoms with Gasteiger partial charge in [0.1, 0.15) is 6.29 Å². The zero-order valence-corrected chi connectivity index (χ0v) is 8.65. The van der Waals surface area contributed by atoms with Gasteiger partial charge in [-0.25, -0.2) is 0 Å². The van der Waals surface area contributed by atoms with E-state index >= 15 is 0 Å². The maximum absolute atomic E-state index is 10.6. The highest BCUT2D eigenvalue weighted by Gasteiger charge is 2.08. The molecule has 4 nitrogen and oxygen atoms in total. The van der Waals surface area contributed by atoms with Gasteiger partial charge in [0.2, 0.25) is 0 Å². The standard InChI is InChI=1S/C12H9NO3/c1-16-11-7-9(8-14)6-10(12(11)15)4-2-3-5-13/h6-8,15H,3H2,1H3. The first kappa shape index (κ1) is 11.6. The average molecular weight is 215 g/mol. The van der Waals surface area contributed by atoms with E-state index in [1.165, 1.54) is 19.2 Å². The number of phenolic OH excluding ortho intramolecular Hbond substituents is 1. The number of benzene rings is 1. The van der Waals surface area contributed by atoms with Crippen LogP contribution in [0.3, 0.4) is 0 Å². The molecule has 0 heterocycles.